The Balaban J connectivity index is 2.52. The standard InChI is InChI=1S/C12H13N/c1-3-10-9-13(2)12-7-5-4-6-11(10)8-12/h4-7,9H,3H2,1-2H3. The van der Waals surface area contributed by atoms with Gasteiger partial charge in [0, 0.05) is 18.8 Å². The fraction of sp³-hybridized carbons (Fsp3) is 0.250. The number of allylic oxidation sites excluding steroid dienone is 5. The van der Waals surface area contributed by atoms with E-state index in [1.807, 2.05) is 0 Å². The minimum Gasteiger partial charge on any atom is -0.344 e. The average molecular weight is 171 g/mol. The van der Waals surface area contributed by atoms with Crippen LogP contribution in [0.1, 0.15) is 13.3 Å². The molecule has 0 fully saturated rings. The Labute approximate surface area is 79.1 Å². The predicted molar refractivity (Wildman–Crippen MR) is 55.0 cm³/mol. The molecule has 0 spiro atoms. The summed E-state index contributed by atoms with van der Waals surface area (Å²) in [6, 6.07) is 0. The Morgan fingerprint density at radius 3 is 2.85 bits per heavy atom. The van der Waals surface area contributed by atoms with Crippen molar-refractivity contribution < 1.29 is 0 Å². The van der Waals surface area contributed by atoms with Crippen LogP contribution in [0.3, 0.4) is 0 Å². The Morgan fingerprint density at radius 2 is 2.08 bits per heavy atom. The summed E-state index contributed by atoms with van der Waals surface area (Å²) in [5, 5.41) is 0. The monoisotopic (exact) mass is 171 g/mol. The lowest BCUT2D eigenvalue weighted by Crippen LogP contribution is -2.12. The molecule has 1 nitrogen and oxygen atoms in total. The lowest BCUT2D eigenvalue weighted by molar-refractivity contribution is 0.577. The lowest BCUT2D eigenvalue weighted by atomic mass is 10.0. The van der Waals surface area contributed by atoms with Crippen molar-refractivity contribution in [2.75, 3.05) is 7.05 Å². The number of nitrogens with zero attached hydrogens (tertiary/aromatic N) is 1. The van der Waals surface area contributed by atoms with Crippen molar-refractivity contribution in [1.29, 1.82) is 0 Å². The zero-order chi connectivity index (χ0) is 9.26. The van der Waals surface area contributed by atoms with Crippen molar-refractivity contribution in [2.45, 2.75) is 13.3 Å². The molecule has 1 heterocycles. The summed E-state index contributed by atoms with van der Waals surface area (Å²) in [5.41, 5.74) is 7.10. The van der Waals surface area contributed by atoms with Gasteiger partial charge in [0.1, 0.15) is 0 Å². The molecule has 2 bridgehead atoms. The molecule has 0 saturated heterocycles. The second kappa shape index (κ2) is 3.12. The van der Waals surface area contributed by atoms with Gasteiger partial charge in [-0.05, 0) is 24.1 Å². The summed E-state index contributed by atoms with van der Waals surface area (Å²) in [7, 11) is 2.06. The van der Waals surface area contributed by atoms with E-state index in [4.69, 9.17) is 0 Å². The normalized spacial score (nSPS) is 19.2. The van der Waals surface area contributed by atoms with Crippen LogP contribution >= 0.6 is 0 Å². The summed E-state index contributed by atoms with van der Waals surface area (Å²) < 4.78 is 0. The third-order valence-corrected chi connectivity index (χ3v) is 2.35. The number of hydrogen-bond acceptors (Lipinski definition) is 1. The average Bonchev–Trinajstić information content (AvgIpc) is 2.35. The van der Waals surface area contributed by atoms with Crippen LogP contribution < -0.4 is 0 Å². The quantitative estimate of drug-likeness (QED) is 0.548. The third kappa shape index (κ3) is 1.39. The van der Waals surface area contributed by atoms with Gasteiger partial charge >= 0.3 is 0 Å². The predicted octanol–water partition coefficient (Wildman–Crippen LogP) is 2.76. The van der Waals surface area contributed by atoms with Gasteiger partial charge in [0.25, 0.3) is 0 Å². The maximum atomic E-state index is 3.38. The van der Waals surface area contributed by atoms with Crippen molar-refractivity contribution >= 4 is 0 Å². The molecule has 0 N–H and O–H groups in total. The van der Waals surface area contributed by atoms with Crippen molar-refractivity contribution in [2.24, 2.45) is 0 Å². The maximum Gasteiger partial charge on any atom is 0.0843 e. The fourth-order valence-electron chi connectivity index (χ4n) is 1.57. The van der Waals surface area contributed by atoms with Crippen LogP contribution in [0.2, 0.25) is 0 Å². The van der Waals surface area contributed by atoms with Crippen LogP contribution in [0, 0.1) is 0 Å². The highest BCUT2D eigenvalue weighted by Gasteiger charge is 2.10. The number of rotatable bonds is 1. The summed E-state index contributed by atoms with van der Waals surface area (Å²) in [6.07, 6.45) is 11.6. The highest BCUT2D eigenvalue weighted by Crippen LogP contribution is 2.23. The largest absolute Gasteiger partial charge is 0.344 e. The van der Waals surface area contributed by atoms with Crippen molar-refractivity contribution in [3.8, 4) is 0 Å². The van der Waals surface area contributed by atoms with Gasteiger partial charge in [0.05, 0.1) is 5.70 Å². The van der Waals surface area contributed by atoms with Crippen molar-refractivity contribution in [3.05, 3.63) is 53.1 Å². The molecule has 66 valence electrons. The Hall–Kier alpha value is -1.46. The Bertz CT molecular complexity index is 374. The molecule has 0 atom stereocenters. The molecule has 0 radical (unpaired) electrons. The van der Waals surface area contributed by atoms with E-state index in [1.165, 1.54) is 11.1 Å². The summed E-state index contributed by atoms with van der Waals surface area (Å²) in [5.74, 6) is 0. The van der Waals surface area contributed by atoms with Gasteiger partial charge < -0.3 is 4.90 Å². The van der Waals surface area contributed by atoms with Gasteiger partial charge in [-0.25, -0.2) is 0 Å². The van der Waals surface area contributed by atoms with Crippen LogP contribution in [0.25, 0.3) is 0 Å². The van der Waals surface area contributed by atoms with Gasteiger partial charge in [0.2, 0.25) is 0 Å². The SMILES string of the molecule is CCC1=CN(C)C2=C=C1C=CC=C2. The fourth-order valence-corrected chi connectivity index (χ4v) is 1.57. The van der Waals surface area contributed by atoms with E-state index in [-0.39, 0.29) is 0 Å². The molecule has 0 aromatic rings. The smallest absolute Gasteiger partial charge is 0.0843 e. The summed E-state index contributed by atoms with van der Waals surface area (Å²) >= 11 is 0. The molecular formula is C12H13N. The zero-order valence-corrected chi connectivity index (χ0v) is 8.04. The first kappa shape index (κ1) is 8.15. The van der Waals surface area contributed by atoms with E-state index in [0.717, 1.165) is 12.1 Å². The van der Waals surface area contributed by atoms with Crippen LogP contribution in [-0.2, 0) is 0 Å². The first-order chi connectivity index (χ1) is 6.31. The molecule has 0 saturated carbocycles. The van der Waals surface area contributed by atoms with Gasteiger partial charge in [-0.3, -0.25) is 0 Å². The van der Waals surface area contributed by atoms with Crippen molar-refractivity contribution in [1.82, 2.24) is 4.90 Å². The molecule has 1 aliphatic heterocycles. The minimum absolute atomic E-state index is 1.06. The second-order valence-electron chi connectivity index (χ2n) is 3.26. The van der Waals surface area contributed by atoms with E-state index >= 15 is 0 Å². The van der Waals surface area contributed by atoms with Crippen LogP contribution in [0.15, 0.2) is 53.1 Å². The molecule has 2 rings (SSSR count). The maximum absolute atomic E-state index is 3.38. The summed E-state index contributed by atoms with van der Waals surface area (Å²) in [6.45, 7) is 2.17. The molecule has 2 aliphatic rings. The molecule has 1 aliphatic carbocycles. The van der Waals surface area contributed by atoms with Crippen LogP contribution in [0.4, 0.5) is 0 Å². The molecule has 0 aromatic carbocycles. The van der Waals surface area contributed by atoms with Gasteiger partial charge in [-0.2, -0.15) is 0 Å². The molecule has 0 unspecified atom stereocenters. The van der Waals surface area contributed by atoms with Gasteiger partial charge in [-0.1, -0.05) is 24.8 Å². The van der Waals surface area contributed by atoms with E-state index in [1.54, 1.807) is 0 Å². The topological polar surface area (TPSA) is 3.24 Å². The first-order valence-electron chi connectivity index (χ1n) is 4.61. The van der Waals surface area contributed by atoms with Gasteiger partial charge in [0.15, 0.2) is 0 Å². The molecule has 0 amide bonds. The molecular weight excluding hydrogens is 158 g/mol. The van der Waals surface area contributed by atoms with E-state index in [0.29, 0.717) is 0 Å². The van der Waals surface area contributed by atoms with E-state index in [2.05, 4.69) is 55.1 Å². The second-order valence-corrected chi connectivity index (χ2v) is 3.26. The summed E-state index contributed by atoms with van der Waals surface area (Å²) in [4.78, 5) is 2.12. The highest BCUT2D eigenvalue weighted by atomic mass is 15.1. The minimum atomic E-state index is 1.06. The molecule has 13 heavy (non-hydrogen) atoms. The van der Waals surface area contributed by atoms with Crippen molar-refractivity contribution in [3.63, 3.8) is 0 Å². The molecule has 1 heteroatoms. The third-order valence-electron chi connectivity index (χ3n) is 2.35. The Kier molecular flexibility index (Phi) is 1.96. The first-order valence-corrected chi connectivity index (χ1v) is 4.61. The van der Waals surface area contributed by atoms with Gasteiger partial charge in [-0.15, -0.1) is 0 Å². The molecule has 0 aromatic heterocycles. The highest BCUT2D eigenvalue weighted by molar-refractivity contribution is 5.47. The zero-order valence-electron chi connectivity index (χ0n) is 8.04. The van der Waals surface area contributed by atoms with E-state index in [9.17, 15) is 0 Å². The van der Waals surface area contributed by atoms with Crippen LogP contribution in [-0.4, -0.2) is 11.9 Å². The number of hydrogen-bond donors (Lipinski definition) is 0. The number of likely N-dealkylation sites (N-methyl/N-ethyl adjacent to an activating group) is 1. The van der Waals surface area contributed by atoms with E-state index < -0.39 is 0 Å². The Morgan fingerprint density at radius 1 is 1.31 bits per heavy atom. The lowest BCUT2D eigenvalue weighted by Gasteiger charge is -2.19. The van der Waals surface area contributed by atoms with Crippen LogP contribution in [0.5, 0.6) is 0 Å².